The molecule has 0 amide bonds. The predicted octanol–water partition coefficient (Wildman–Crippen LogP) is 0.748. The van der Waals surface area contributed by atoms with Gasteiger partial charge in [-0.3, -0.25) is 9.59 Å². The molecule has 0 unspecified atom stereocenters. The van der Waals surface area contributed by atoms with Gasteiger partial charge in [0.25, 0.3) is 0 Å². The molecule has 2 aromatic rings. The van der Waals surface area contributed by atoms with E-state index in [0.717, 1.165) is 0 Å². The number of nitrogens with zero attached hydrogens (tertiary/aromatic N) is 2. The van der Waals surface area contributed by atoms with Gasteiger partial charge in [-0.15, -0.1) is 0 Å². The summed E-state index contributed by atoms with van der Waals surface area (Å²) in [5.74, 6) is -1.81. The maximum Gasteiger partial charge on any atom is 0.323 e. The van der Waals surface area contributed by atoms with Crippen LogP contribution >= 0.6 is 0 Å². The SMILES string of the molecule is O=C(O)Cc1nc2ccccc2n1CC(=O)O. The van der Waals surface area contributed by atoms with Crippen molar-refractivity contribution in [3.63, 3.8) is 0 Å². The summed E-state index contributed by atoms with van der Waals surface area (Å²) < 4.78 is 1.41. The molecule has 1 heterocycles. The lowest BCUT2D eigenvalue weighted by Crippen LogP contribution is -2.14. The molecule has 0 saturated heterocycles. The van der Waals surface area contributed by atoms with E-state index in [1.54, 1.807) is 24.3 Å². The molecular weight excluding hydrogens is 224 g/mol. The topological polar surface area (TPSA) is 92.4 Å². The van der Waals surface area contributed by atoms with Crippen LogP contribution in [0.15, 0.2) is 24.3 Å². The zero-order valence-corrected chi connectivity index (χ0v) is 8.83. The lowest BCUT2D eigenvalue weighted by atomic mass is 10.3. The summed E-state index contributed by atoms with van der Waals surface area (Å²) >= 11 is 0. The van der Waals surface area contributed by atoms with Crippen LogP contribution in [0, 0.1) is 0 Å². The van der Waals surface area contributed by atoms with Crippen molar-refractivity contribution < 1.29 is 19.8 Å². The van der Waals surface area contributed by atoms with Crippen molar-refractivity contribution in [1.82, 2.24) is 9.55 Å². The molecule has 0 spiro atoms. The van der Waals surface area contributed by atoms with E-state index in [0.29, 0.717) is 11.0 Å². The van der Waals surface area contributed by atoms with Crippen molar-refractivity contribution in [2.45, 2.75) is 13.0 Å². The number of carboxylic acids is 2. The van der Waals surface area contributed by atoms with E-state index < -0.39 is 11.9 Å². The fourth-order valence-corrected chi connectivity index (χ4v) is 1.71. The second-order valence-corrected chi connectivity index (χ2v) is 3.57. The summed E-state index contributed by atoms with van der Waals surface area (Å²) in [6.07, 6.45) is -0.290. The molecular formula is C11H10N2O4. The molecule has 6 nitrogen and oxygen atoms in total. The Kier molecular flexibility index (Phi) is 2.78. The van der Waals surface area contributed by atoms with Gasteiger partial charge >= 0.3 is 11.9 Å². The highest BCUT2D eigenvalue weighted by molar-refractivity contribution is 5.80. The number of para-hydroxylation sites is 2. The Morgan fingerprint density at radius 1 is 1.18 bits per heavy atom. The van der Waals surface area contributed by atoms with Crippen molar-refractivity contribution >= 4 is 23.0 Å². The Morgan fingerprint density at radius 3 is 2.53 bits per heavy atom. The lowest BCUT2D eigenvalue weighted by Gasteiger charge is -2.03. The van der Waals surface area contributed by atoms with E-state index in [-0.39, 0.29) is 18.8 Å². The molecule has 0 aliphatic heterocycles. The van der Waals surface area contributed by atoms with Gasteiger partial charge in [0.15, 0.2) is 0 Å². The van der Waals surface area contributed by atoms with Gasteiger partial charge in [0.2, 0.25) is 0 Å². The van der Waals surface area contributed by atoms with Crippen LogP contribution in [-0.2, 0) is 22.6 Å². The predicted molar refractivity (Wildman–Crippen MR) is 58.7 cm³/mol. The van der Waals surface area contributed by atoms with E-state index in [2.05, 4.69) is 4.98 Å². The molecule has 2 N–H and O–H groups in total. The minimum atomic E-state index is -1.04. The molecule has 0 aliphatic rings. The first kappa shape index (κ1) is 11.1. The van der Waals surface area contributed by atoms with Crippen LogP contribution in [0.2, 0.25) is 0 Å². The average molecular weight is 234 g/mol. The summed E-state index contributed by atoms with van der Waals surface area (Å²) in [5.41, 5.74) is 1.23. The number of hydrogen-bond acceptors (Lipinski definition) is 3. The molecule has 1 aromatic carbocycles. The molecule has 1 aromatic heterocycles. The Morgan fingerprint density at radius 2 is 1.88 bits per heavy atom. The molecule has 17 heavy (non-hydrogen) atoms. The monoisotopic (exact) mass is 234 g/mol. The Balaban J connectivity index is 2.56. The molecule has 6 heteroatoms. The summed E-state index contributed by atoms with van der Waals surface area (Å²) in [6.45, 7) is -0.289. The summed E-state index contributed by atoms with van der Waals surface area (Å²) in [4.78, 5) is 25.6. The number of imidazole rings is 1. The van der Waals surface area contributed by atoms with Gasteiger partial charge in [0.05, 0.1) is 11.0 Å². The van der Waals surface area contributed by atoms with E-state index in [1.807, 2.05) is 0 Å². The van der Waals surface area contributed by atoms with Crippen LogP contribution in [0.5, 0.6) is 0 Å². The number of carboxylic acid groups (broad SMARTS) is 2. The third-order valence-electron chi connectivity index (χ3n) is 2.34. The molecule has 0 fully saturated rings. The van der Waals surface area contributed by atoms with Gasteiger partial charge < -0.3 is 14.8 Å². The van der Waals surface area contributed by atoms with Gasteiger partial charge in [0, 0.05) is 0 Å². The van der Waals surface area contributed by atoms with E-state index >= 15 is 0 Å². The van der Waals surface area contributed by atoms with E-state index in [4.69, 9.17) is 10.2 Å². The molecule has 0 radical (unpaired) electrons. The molecule has 0 saturated carbocycles. The number of fused-ring (bicyclic) bond motifs is 1. The highest BCUT2D eigenvalue weighted by Gasteiger charge is 2.14. The Labute approximate surface area is 96.1 Å². The van der Waals surface area contributed by atoms with Crippen LogP contribution in [-0.4, -0.2) is 31.7 Å². The number of hydrogen-bond donors (Lipinski definition) is 2. The standard InChI is InChI=1S/C11H10N2O4/c14-10(15)5-9-12-7-3-1-2-4-8(7)13(9)6-11(16)17/h1-4H,5-6H2,(H,14,15)(H,16,17). The molecule has 0 aliphatic carbocycles. The highest BCUT2D eigenvalue weighted by Crippen LogP contribution is 2.16. The summed E-state index contributed by atoms with van der Waals surface area (Å²) in [7, 11) is 0. The van der Waals surface area contributed by atoms with Gasteiger partial charge in [-0.05, 0) is 12.1 Å². The molecule has 88 valence electrons. The normalized spacial score (nSPS) is 10.6. The van der Waals surface area contributed by atoms with Crippen LogP contribution in [0.1, 0.15) is 5.82 Å². The number of aliphatic carboxylic acids is 2. The van der Waals surface area contributed by atoms with Crippen LogP contribution < -0.4 is 0 Å². The third-order valence-corrected chi connectivity index (χ3v) is 2.34. The van der Waals surface area contributed by atoms with Crippen molar-refractivity contribution in [1.29, 1.82) is 0 Å². The second-order valence-electron chi connectivity index (χ2n) is 3.57. The molecule has 0 atom stereocenters. The second kappa shape index (κ2) is 4.25. The highest BCUT2D eigenvalue weighted by atomic mass is 16.4. The minimum absolute atomic E-state index is 0.251. The molecule has 0 bridgehead atoms. The maximum absolute atomic E-state index is 10.8. The summed E-state index contributed by atoms with van der Waals surface area (Å²) in [6, 6.07) is 6.97. The first-order valence-corrected chi connectivity index (χ1v) is 4.95. The number of benzene rings is 1. The van der Waals surface area contributed by atoms with E-state index in [1.165, 1.54) is 4.57 Å². The third kappa shape index (κ3) is 2.25. The number of rotatable bonds is 4. The van der Waals surface area contributed by atoms with Crippen molar-refractivity contribution in [3.8, 4) is 0 Å². The van der Waals surface area contributed by atoms with Crippen LogP contribution in [0.25, 0.3) is 11.0 Å². The fourth-order valence-electron chi connectivity index (χ4n) is 1.71. The Bertz CT molecular complexity index is 588. The zero-order chi connectivity index (χ0) is 12.4. The van der Waals surface area contributed by atoms with Gasteiger partial charge in [-0.25, -0.2) is 4.98 Å². The molecule has 2 rings (SSSR count). The van der Waals surface area contributed by atoms with Gasteiger partial charge in [0.1, 0.15) is 18.8 Å². The Hall–Kier alpha value is -2.37. The maximum atomic E-state index is 10.8. The largest absolute Gasteiger partial charge is 0.481 e. The zero-order valence-electron chi connectivity index (χ0n) is 8.83. The lowest BCUT2D eigenvalue weighted by molar-refractivity contribution is -0.139. The summed E-state index contributed by atoms with van der Waals surface area (Å²) in [5, 5.41) is 17.6. The van der Waals surface area contributed by atoms with Crippen LogP contribution in [0.4, 0.5) is 0 Å². The van der Waals surface area contributed by atoms with Crippen molar-refractivity contribution in [2.75, 3.05) is 0 Å². The van der Waals surface area contributed by atoms with Gasteiger partial charge in [-0.1, -0.05) is 12.1 Å². The van der Waals surface area contributed by atoms with E-state index in [9.17, 15) is 9.59 Å². The van der Waals surface area contributed by atoms with Gasteiger partial charge in [-0.2, -0.15) is 0 Å². The first-order valence-electron chi connectivity index (χ1n) is 4.95. The van der Waals surface area contributed by atoms with Crippen molar-refractivity contribution in [3.05, 3.63) is 30.1 Å². The smallest absolute Gasteiger partial charge is 0.323 e. The number of aromatic nitrogens is 2. The number of carbonyl (C=O) groups is 2. The minimum Gasteiger partial charge on any atom is -0.481 e. The quantitative estimate of drug-likeness (QED) is 0.814. The average Bonchev–Trinajstić information content (AvgIpc) is 2.55. The first-order chi connectivity index (χ1) is 8.08. The van der Waals surface area contributed by atoms with Crippen LogP contribution in [0.3, 0.4) is 0 Å². The fraction of sp³-hybridized carbons (Fsp3) is 0.182. The van der Waals surface area contributed by atoms with Crippen molar-refractivity contribution in [2.24, 2.45) is 0 Å².